The lowest BCUT2D eigenvalue weighted by atomic mass is 9.78. The minimum absolute atomic E-state index is 0.344. The summed E-state index contributed by atoms with van der Waals surface area (Å²) in [6, 6.07) is 1.90. The van der Waals surface area contributed by atoms with E-state index in [1.54, 1.807) is 0 Å². The zero-order valence-corrected chi connectivity index (χ0v) is 12.8. The third-order valence-electron chi connectivity index (χ3n) is 4.07. The van der Waals surface area contributed by atoms with Crippen LogP contribution in [0.15, 0.2) is 6.07 Å². The number of rotatable bonds is 5. The van der Waals surface area contributed by atoms with Crippen LogP contribution in [0.3, 0.4) is 0 Å². The molecule has 1 aromatic heterocycles. The van der Waals surface area contributed by atoms with Crippen LogP contribution in [0.2, 0.25) is 0 Å². The molecule has 0 bridgehead atoms. The summed E-state index contributed by atoms with van der Waals surface area (Å²) in [4.78, 5) is 9.29. The van der Waals surface area contributed by atoms with Gasteiger partial charge in [-0.3, -0.25) is 0 Å². The Kier molecular flexibility index (Phi) is 4.94. The van der Waals surface area contributed by atoms with Crippen LogP contribution in [0.5, 0.6) is 0 Å². The summed E-state index contributed by atoms with van der Waals surface area (Å²) in [6.07, 6.45) is 5.25. The van der Waals surface area contributed by atoms with Gasteiger partial charge in [-0.05, 0) is 38.5 Å². The molecule has 0 spiro atoms. The van der Waals surface area contributed by atoms with Crippen LogP contribution >= 0.6 is 0 Å². The van der Waals surface area contributed by atoms with Gasteiger partial charge in [0, 0.05) is 18.4 Å². The normalized spacial score (nSPS) is 26.5. The van der Waals surface area contributed by atoms with E-state index in [2.05, 4.69) is 24.3 Å². The van der Waals surface area contributed by atoms with Crippen LogP contribution in [0, 0.1) is 5.92 Å². The number of nitrogens with one attached hydrogen (secondary N) is 1. The van der Waals surface area contributed by atoms with Crippen molar-refractivity contribution < 1.29 is 4.74 Å². The van der Waals surface area contributed by atoms with Gasteiger partial charge in [-0.1, -0.05) is 20.3 Å². The van der Waals surface area contributed by atoms with Crippen molar-refractivity contribution in [3.8, 4) is 0 Å². The number of anilines is 1. The predicted molar refractivity (Wildman–Crippen MR) is 80.2 cm³/mol. The third kappa shape index (κ3) is 3.10. The number of aryl methyl sites for hydroxylation is 1. The van der Waals surface area contributed by atoms with E-state index in [9.17, 15) is 0 Å². The Morgan fingerprint density at radius 2 is 2.25 bits per heavy atom. The lowest BCUT2D eigenvalue weighted by Gasteiger charge is -2.38. The van der Waals surface area contributed by atoms with Crippen molar-refractivity contribution in [2.45, 2.75) is 58.5 Å². The Morgan fingerprint density at radius 3 is 2.85 bits per heavy atom. The summed E-state index contributed by atoms with van der Waals surface area (Å²) >= 11 is 0. The minimum Gasteiger partial charge on any atom is -0.367 e. The summed E-state index contributed by atoms with van der Waals surface area (Å²) < 4.78 is 6.13. The Morgan fingerprint density at radius 1 is 1.45 bits per heavy atom. The second-order valence-corrected chi connectivity index (χ2v) is 5.69. The van der Waals surface area contributed by atoms with Crippen LogP contribution in [0.1, 0.15) is 58.0 Å². The molecule has 1 heterocycles. The van der Waals surface area contributed by atoms with Gasteiger partial charge < -0.3 is 10.2 Å². The Bertz CT molecular complexity index is 425. The smallest absolute Gasteiger partial charge is 0.162 e. The zero-order chi connectivity index (χ0) is 14.6. The first-order valence-corrected chi connectivity index (χ1v) is 7.62. The first-order valence-electron chi connectivity index (χ1n) is 7.62. The first-order chi connectivity index (χ1) is 9.63. The molecule has 2 atom stereocenters. The van der Waals surface area contributed by atoms with Crippen molar-refractivity contribution >= 4 is 5.82 Å². The highest BCUT2D eigenvalue weighted by Gasteiger charge is 2.40. The molecule has 0 radical (unpaired) electrons. The molecule has 2 rings (SSSR count). The highest BCUT2D eigenvalue weighted by atomic mass is 16.5. The molecule has 3 N–H and O–H groups in total. The fourth-order valence-corrected chi connectivity index (χ4v) is 3.13. The van der Waals surface area contributed by atoms with Crippen LogP contribution in [-0.2, 0) is 16.8 Å². The molecule has 1 aliphatic carbocycles. The maximum absolute atomic E-state index is 6.13. The van der Waals surface area contributed by atoms with Crippen LogP contribution in [0.4, 0.5) is 5.82 Å². The van der Waals surface area contributed by atoms with Gasteiger partial charge in [-0.2, -0.15) is 0 Å². The monoisotopic (exact) mass is 278 g/mol. The second kappa shape index (κ2) is 6.50. The van der Waals surface area contributed by atoms with Gasteiger partial charge in [0.25, 0.3) is 0 Å². The summed E-state index contributed by atoms with van der Waals surface area (Å²) in [5.41, 5.74) is 3.30. The molecule has 20 heavy (non-hydrogen) atoms. The number of hydrogen-bond donors (Lipinski definition) is 2. The number of nitrogen functional groups attached to an aromatic ring is 1. The zero-order valence-electron chi connectivity index (χ0n) is 12.8. The minimum atomic E-state index is -0.344. The molecule has 1 fully saturated rings. The Hall–Kier alpha value is -1.20. The Balaban J connectivity index is 2.42. The number of hydrogen-bond acceptors (Lipinski definition) is 5. The van der Waals surface area contributed by atoms with Crippen molar-refractivity contribution in [3.63, 3.8) is 0 Å². The van der Waals surface area contributed by atoms with Gasteiger partial charge in [0.2, 0.25) is 0 Å². The summed E-state index contributed by atoms with van der Waals surface area (Å²) in [7, 11) is 0. The van der Waals surface area contributed by atoms with E-state index < -0.39 is 0 Å². The quantitative estimate of drug-likeness (QED) is 0.640. The van der Waals surface area contributed by atoms with Gasteiger partial charge in [0.1, 0.15) is 11.4 Å². The molecule has 2 unspecified atom stereocenters. The molecular weight excluding hydrogens is 252 g/mol. The molecule has 1 saturated carbocycles. The largest absolute Gasteiger partial charge is 0.367 e. The van der Waals surface area contributed by atoms with Gasteiger partial charge in [0.15, 0.2) is 5.82 Å². The van der Waals surface area contributed by atoms with Crippen LogP contribution in [-0.4, -0.2) is 16.6 Å². The SMILES string of the molecule is CCOC1(c2nc(CC)cc(NN)n2)CCCC(C)C1. The molecule has 1 aromatic rings. The van der Waals surface area contributed by atoms with E-state index in [0.29, 0.717) is 18.3 Å². The van der Waals surface area contributed by atoms with Crippen molar-refractivity contribution in [3.05, 3.63) is 17.6 Å². The molecule has 0 aromatic carbocycles. The lowest BCUT2D eigenvalue weighted by molar-refractivity contribution is -0.0881. The third-order valence-corrected chi connectivity index (χ3v) is 4.07. The Labute approximate surface area is 121 Å². The van der Waals surface area contributed by atoms with Crippen molar-refractivity contribution in [1.29, 1.82) is 0 Å². The first kappa shape index (κ1) is 15.2. The average Bonchev–Trinajstić information content (AvgIpc) is 2.47. The van der Waals surface area contributed by atoms with E-state index in [-0.39, 0.29) is 5.60 Å². The molecular formula is C15H26N4O. The van der Waals surface area contributed by atoms with Gasteiger partial charge in [-0.25, -0.2) is 15.8 Å². The van der Waals surface area contributed by atoms with Crippen molar-refractivity contribution in [2.24, 2.45) is 11.8 Å². The standard InChI is InChI=1S/C15H26N4O/c1-4-12-9-13(19-16)18-14(17-12)15(20-5-2)8-6-7-11(3)10-15/h9,11H,4-8,10,16H2,1-3H3,(H,17,18,19). The fourth-order valence-electron chi connectivity index (χ4n) is 3.13. The summed E-state index contributed by atoms with van der Waals surface area (Å²) in [5.74, 6) is 7.63. The van der Waals surface area contributed by atoms with Gasteiger partial charge in [-0.15, -0.1) is 0 Å². The van der Waals surface area contributed by atoms with E-state index in [1.165, 1.54) is 6.42 Å². The summed E-state index contributed by atoms with van der Waals surface area (Å²) in [5, 5.41) is 0. The molecule has 112 valence electrons. The second-order valence-electron chi connectivity index (χ2n) is 5.69. The van der Waals surface area contributed by atoms with E-state index in [1.807, 2.05) is 13.0 Å². The molecule has 0 amide bonds. The molecule has 1 aliphatic rings. The average molecular weight is 278 g/mol. The topological polar surface area (TPSA) is 73.1 Å². The highest BCUT2D eigenvalue weighted by molar-refractivity contribution is 5.35. The van der Waals surface area contributed by atoms with Crippen LogP contribution < -0.4 is 11.3 Å². The molecule has 0 aliphatic heterocycles. The van der Waals surface area contributed by atoms with E-state index in [0.717, 1.165) is 37.2 Å². The molecule has 0 saturated heterocycles. The lowest BCUT2D eigenvalue weighted by Crippen LogP contribution is -2.37. The number of hydrazine groups is 1. The van der Waals surface area contributed by atoms with Crippen LogP contribution in [0.25, 0.3) is 0 Å². The number of nitrogens with two attached hydrogens (primary N) is 1. The van der Waals surface area contributed by atoms with Crippen molar-refractivity contribution in [1.82, 2.24) is 9.97 Å². The molecule has 5 heteroatoms. The predicted octanol–water partition coefficient (Wildman–Crippen LogP) is 2.77. The van der Waals surface area contributed by atoms with Gasteiger partial charge >= 0.3 is 0 Å². The maximum Gasteiger partial charge on any atom is 0.162 e. The van der Waals surface area contributed by atoms with Crippen molar-refractivity contribution in [2.75, 3.05) is 12.0 Å². The summed E-state index contributed by atoms with van der Waals surface area (Å²) in [6.45, 7) is 7.08. The fraction of sp³-hybridized carbons (Fsp3) is 0.733. The van der Waals surface area contributed by atoms with Gasteiger partial charge in [0.05, 0.1) is 0 Å². The number of ether oxygens (including phenoxy) is 1. The van der Waals surface area contributed by atoms with E-state index in [4.69, 9.17) is 15.6 Å². The number of aromatic nitrogens is 2. The highest BCUT2D eigenvalue weighted by Crippen LogP contribution is 2.41. The maximum atomic E-state index is 6.13. The van der Waals surface area contributed by atoms with E-state index >= 15 is 0 Å². The number of nitrogens with zero attached hydrogens (tertiary/aromatic N) is 2. The molecule has 5 nitrogen and oxygen atoms in total.